The molecule has 0 bridgehead atoms. The predicted molar refractivity (Wildman–Crippen MR) is 116 cm³/mol. The van der Waals surface area contributed by atoms with Crippen LogP contribution in [0.3, 0.4) is 0 Å². The maximum absolute atomic E-state index is 12.9. The lowest BCUT2D eigenvalue weighted by Crippen LogP contribution is -2.31. The van der Waals surface area contributed by atoms with Crippen LogP contribution in [0.5, 0.6) is 5.75 Å². The van der Waals surface area contributed by atoms with Gasteiger partial charge in [-0.3, -0.25) is 14.3 Å². The van der Waals surface area contributed by atoms with Crippen molar-refractivity contribution in [2.75, 3.05) is 11.3 Å². The normalized spacial score (nSPS) is 11.5. The molecule has 158 valence electrons. The van der Waals surface area contributed by atoms with Gasteiger partial charge in [-0.25, -0.2) is 8.42 Å². The number of ether oxygens (including phenoxy) is 1. The first-order valence-electron chi connectivity index (χ1n) is 9.43. The minimum atomic E-state index is -3.92. The topological polar surface area (TPSA) is 117 Å². The molecule has 1 aromatic heterocycles. The Morgan fingerprint density at radius 2 is 1.80 bits per heavy atom. The summed E-state index contributed by atoms with van der Waals surface area (Å²) in [6.45, 7) is 5.96. The molecule has 3 N–H and O–H groups in total. The van der Waals surface area contributed by atoms with Crippen LogP contribution >= 0.6 is 0 Å². The summed E-state index contributed by atoms with van der Waals surface area (Å²) < 4.78 is 33.6. The predicted octanol–water partition coefficient (Wildman–Crippen LogP) is 2.87. The number of fused-ring (bicyclic) bond motifs is 1. The molecule has 0 aliphatic heterocycles. The molecule has 1 amide bonds. The molecule has 0 spiro atoms. The minimum absolute atomic E-state index is 0.0328. The monoisotopic (exact) mass is 429 g/mol. The Bertz CT molecular complexity index is 1230. The third-order valence-electron chi connectivity index (χ3n) is 4.21. The molecule has 2 aromatic carbocycles. The highest BCUT2D eigenvalue weighted by atomic mass is 32.2. The van der Waals surface area contributed by atoms with Crippen molar-refractivity contribution in [1.29, 1.82) is 0 Å². The number of rotatable bonds is 7. The SMILES string of the molecule is CCOc1ccc(NS(=O)(=O)c2ccc3[nH]c(=O)cc(C(=O)NC(C)C)c3c2)cc1. The number of amides is 1. The van der Waals surface area contributed by atoms with Gasteiger partial charge in [0.25, 0.3) is 15.9 Å². The molecule has 0 unspecified atom stereocenters. The van der Waals surface area contributed by atoms with Crippen LogP contribution < -0.4 is 20.3 Å². The Morgan fingerprint density at radius 3 is 2.43 bits per heavy atom. The molecule has 0 fully saturated rings. The Labute approximate surface area is 174 Å². The van der Waals surface area contributed by atoms with Crippen molar-refractivity contribution >= 4 is 32.5 Å². The molecule has 0 radical (unpaired) electrons. The quantitative estimate of drug-likeness (QED) is 0.534. The van der Waals surface area contributed by atoms with E-state index < -0.39 is 21.5 Å². The number of carbonyl (C=O) groups is 1. The van der Waals surface area contributed by atoms with Crippen LogP contribution in [0.4, 0.5) is 5.69 Å². The first-order valence-corrected chi connectivity index (χ1v) is 10.9. The molecule has 0 saturated carbocycles. The number of sulfonamides is 1. The fourth-order valence-electron chi connectivity index (χ4n) is 2.93. The fourth-order valence-corrected chi connectivity index (χ4v) is 4.01. The molecule has 0 saturated heterocycles. The van der Waals surface area contributed by atoms with Crippen LogP contribution in [-0.2, 0) is 10.0 Å². The van der Waals surface area contributed by atoms with Gasteiger partial charge in [0.1, 0.15) is 5.75 Å². The number of H-pyrrole nitrogens is 1. The summed E-state index contributed by atoms with van der Waals surface area (Å²) >= 11 is 0. The summed E-state index contributed by atoms with van der Waals surface area (Å²) in [5.74, 6) is 0.186. The largest absolute Gasteiger partial charge is 0.494 e. The zero-order valence-corrected chi connectivity index (χ0v) is 17.7. The van der Waals surface area contributed by atoms with Crippen LogP contribution in [-0.4, -0.2) is 32.0 Å². The van der Waals surface area contributed by atoms with E-state index in [2.05, 4.69) is 15.0 Å². The first kappa shape index (κ1) is 21.4. The van der Waals surface area contributed by atoms with Gasteiger partial charge in [0, 0.05) is 28.7 Å². The number of benzene rings is 2. The van der Waals surface area contributed by atoms with Crippen molar-refractivity contribution in [3.05, 3.63) is 64.4 Å². The zero-order valence-electron chi connectivity index (χ0n) is 16.9. The molecule has 8 nitrogen and oxygen atoms in total. The highest BCUT2D eigenvalue weighted by Gasteiger charge is 2.18. The van der Waals surface area contributed by atoms with E-state index in [-0.39, 0.29) is 16.5 Å². The van der Waals surface area contributed by atoms with Crippen LogP contribution in [0.25, 0.3) is 10.9 Å². The van der Waals surface area contributed by atoms with Crippen LogP contribution in [0.15, 0.2) is 58.2 Å². The van der Waals surface area contributed by atoms with E-state index in [0.717, 1.165) is 6.07 Å². The molecule has 3 aromatic rings. The summed E-state index contributed by atoms with van der Waals surface area (Å²) in [6, 6.07) is 11.8. The van der Waals surface area contributed by atoms with E-state index in [0.29, 0.717) is 28.9 Å². The number of carbonyl (C=O) groups excluding carboxylic acids is 1. The molecule has 3 rings (SSSR count). The summed E-state index contributed by atoms with van der Waals surface area (Å²) in [6.07, 6.45) is 0. The molecular weight excluding hydrogens is 406 g/mol. The van der Waals surface area contributed by atoms with Gasteiger partial charge in [0.2, 0.25) is 5.56 Å². The lowest BCUT2D eigenvalue weighted by molar-refractivity contribution is 0.0944. The standard InChI is InChI=1S/C21H23N3O5S/c1-4-29-15-7-5-14(6-8-15)24-30(27,28)16-9-10-19-17(11-16)18(12-20(25)23-19)21(26)22-13(2)3/h5-13,24H,4H2,1-3H3,(H,22,26)(H,23,25). The van der Waals surface area contributed by atoms with Gasteiger partial charge in [-0.1, -0.05) is 0 Å². The van der Waals surface area contributed by atoms with E-state index in [9.17, 15) is 18.0 Å². The smallest absolute Gasteiger partial charge is 0.261 e. The van der Waals surface area contributed by atoms with Crippen molar-refractivity contribution in [3.8, 4) is 5.75 Å². The molecule has 0 aliphatic rings. The van der Waals surface area contributed by atoms with Crippen LogP contribution in [0.1, 0.15) is 31.1 Å². The van der Waals surface area contributed by atoms with Gasteiger partial charge < -0.3 is 15.0 Å². The number of aromatic nitrogens is 1. The van der Waals surface area contributed by atoms with Crippen LogP contribution in [0, 0.1) is 0 Å². The maximum Gasteiger partial charge on any atom is 0.261 e. The van der Waals surface area contributed by atoms with Gasteiger partial charge in [0.05, 0.1) is 17.1 Å². The number of aromatic amines is 1. The molecule has 1 heterocycles. The highest BCUT2D eigenvalue weighted by molar-refractivity contribution is 7.92. The van der Waals surface area contributed by atoms with Gasteiger partial charge in [-0.15, -0.1) is 0 Å². The number of hydrogen-bond donors (Lipinski definition) is 3. The van der Waals surface area contributed by atoms with Crippen molar-refractivity contribution in [1.82, 2.24) is 10.3 Å². The van der Waals surface area contributed by atoms with Crippen molar-refractivity contribution in [3.63, 3.8) is 0 Å². The van der Waals surface area contributed by atoms with Crippen LogP contribution in [0.2, 0.25) is 0 Å². The molecular formula is C21H23N3O5S. The van der Waals surface area contributed by atoms with Crippen molar-refractivity contribution in [2.45, 2.75) is 31.7 Å². The second kappa shape index (κ2) is 8.58. The second-order valence-electron chi connectivity index (χ2n) is 6.95. The maximum atomic E-state index is 12.9. The summed E-state index contributed by atoms with van der Waals surface area (Å²) in [4.78, 5) is 27.0. The first-order chi connectivity index (χ1) is 14.2. The summed E-state index contributed by atoms with van der Waals surface area (Å²) in [5, 5.41) is 3.06. The Hall–Kier alpha value is -3.33. The summed E-state index contributed by atoms with van der Waals surface area (Å²) in [7, 11) is -3.92. The van der Waals surface area contributed by atoms with Crippen molar-refractivity contribution in [2.24, 2.45) is 0 Å². The van der Waals surface area contributed by atoms with Gasteiger partial charge in [0.15, 0.2) is 0 Å². The molecule has 30 heavy (non-hydrogen) atoms. The Morgan fingerprint density at radius 1 is 1.10 bits per heavy atom. The Balaban J connectivity index is 1.99. The Kier molecular flexibility index (Phi) is 6.12. The number of hydrogen-bond acceptors (Lipinski definition) is 5. The van der Waals surface area contributed by atoms with Gasteiger partial charge in [-0.2, -0.15) is 0 Å². The van der Waals surface area contributed by atoms with E-state index in [1.54, 1.807) is 38.1 Å². The number of nitrogens with one attached hydrogen (secondary N) is 3. The number of anilines is 1. The van der Waals surface area contributed by atoms with E-state index in [4.69, 9.17) is 4.74 Å². The lowest BCUT2D eigenvalue weighted by Gasteiger charge is -2.12. The van der Waals surface area contributed by atoms with Crippen molar-refractivity contribution < 1.29 is 17.9 Å². The second-order valence-corrected chi connectivity index (χ2v) is 8.63. The molecule has 9 heteroatoms. The third-order valence-corrected chi connectivity index (χ3v) is 5.59. The number of pyridine rings is 1. The third kappa shape index (κ3) is 4.80. The van der Waals surface area contributed by atoms with E-state index in [1.165, 1.54) is 18.2 Å². The molecule has 0 atom stereocenters. The lowest BCUT2D eigenvalue weighted by atomic mass is 10.1. The van der Waals surface area contributed by atoms with Gasteiger partial charge >= 0.3 is 0 Å². The fraction of sp³-hybridized carbons (Fsp3) is 0.238. The highest BCUT2D eigenvalue weighted by Crippen LogP contribution is 2.23. The average molecular weight is 429 g/mol. The molecule has 0 aliphatic carbocycles. The minimum Gasteiger partial charge on any atom is -0.494 e. The van der Waals surface area contributed by atoms with E-state index in [1.807, 2.05) is 6.92 Å². The average Bonchev–Trinajstić information content (AvgIpc) is 2.68. The summed E-state index contributed by atoms with van der Waals surface area (Å²) in [5.41, 5.74) is 0.411. The van der Waals surface area contributed by atoms with E-state index >= 15 is 0 Å². The van der Waals surface area contributed by atoms with Gasteiger partial charge in [-0.05, 0) is 63.2 Å². The zero-order chi connectivity index (χ0) is 21.9.